The van der Waals surface area contributed by atoms with E-state index in [4.69, 9.17) is 0 Å². The van der Waals surface area contributed by atoms with Gasteiger partial charge in [0.1, 0.15) is 0 Å². The molecule has 3 rings (SSSR count). The van der Waals surface area contributed by atoms with Crippen molar-refractivity contribution in [1.82, 2.24) is 0 Å². The first-order chi connectivity index (χ1) is 6.48. The van der Waals surface area contributed by atoms with E-state index in [0.717, 1.165) is 0 Å². The molecule has 0 spiro atoms. The van der Waals surface area contributed by atoms with Crippen LogP contribution in [0.1, 0.15) is 40.5 Å². The molecule has 14 heavy (non-hydrogen) atoms. The molecule has 3 aliphatic carbocycles. The molecule has 0 aromatic rings. The Bertz CT molecular complexity index is 309. The molecule has 0 aliphatic heterocycles. The van der Waals surface area contributed by atoms with Gasteiger partial charge in [0.15, 0.2) is 0 Å². The summed E-state index contributed by atoms with van der Waals surface area (Å²) in [6.45, 7) is 9.33. The maximum absolute atomic E-state index is 2.36. The summed E-state index contributed by atoms with van der Waals surface area (Å²) in [5.74, 6) is 0. The minimum Gasteiger partial charge on any atom is -0.0746 e. The highest BCUT2D eigenvalue weighted by Gasteiger charge is 2.38. The fourth-order valence-electron chi connectivity index (χ4n) is 2.70. The lowest BCUT2D eigenvalue weighted by molar-refractivity contribution is 0.312. The second-order valence-electron chi connectivity index (χ2n) is 5.30. The van der Waals surface area contributed by atoms with E-state index in [9.17, 15) is 0 Å². The molecule has 0 heterocycles. The van der Waals surface area contributed by atoms with Gasteiger partial charge in [-0.1, -0.05) is 49.3 Å². The van der Waals surface area contributed by atoms with Crippen molar-refractivity contribution in [3.05, 3.63) is 35.5 Å². The normalized spacial score (nSPS) is 41.4. The topological polar surface area (TPSA) is 0 Å². The van der Waals surface area contributed by atoms with E-state index in [1.54, 1.807) is 11.1 Å². The lowest BCUT2D eigenvalue weighted by atomic mass is 9.61. The van der Waals surface area contributed by atoms with Crippen LogP contribution in [0.15, 0.2) is 35.5 Å². The molecule has 0 radical (unpaired) electrons. The van der Waals surface area contributed by atoms with Crippen LogP contribution < -0.4 is 0 Å². The van der Waals surface area contributed by atoms with Crippen molar-refractivity contribution in [1.29, 1.82) is 0 Å². The molecule has 0 aromatic heterocycles. The first-order valence-electron chi connectivity index (χ1n) is 5.53. The Labute approximate surface area is 87.4 Å². The van der Waals surface area contributed by atoms with Gasteiger partial charge in [-0.15, -0.1) is 0 Å². The monoisotopic (exact) mass is 188 g/mol. The van der Waals surface area contributed by atoms with E-state index < -0.39 is 0 Å². The van der Waals surface area contributed by atoms with Crippen LogP contribution in [0.4, 0.5) is 0 Å². The Hall–Kier alpha value is -0.780. The first-order valence-corrected chi connectivity index (χ1v) is 5.53. The number of hydrogen-bond acceptors (Lipinski definition) is 0. The van der Waals surface area contributed by atoms with Gasteiger partial charge in [0.25, 0.3) is 0 Å². The number of hydrogen-bond donors (Lipinski definition) is 0. The number of fused-ring (bicyclic) bond motifs is 2. The van der Waals surface area contributed by atoms with Gasteiger partial charge in [-0.25, -0.2) is 0 Å². The molecular weight excluding hydrogens is 168 g/mol. The van der Waals surface area contributed by atoms with Gasteiger partial charge in [0.2, 0.25) is 0 Å². The maximum atomic E-state index is 2.36. The van der Waals surface area contributed by atoms with Gasteiger partial charge in [-0.2, -0.15) is 0 Å². The van der Waals surface area contributed by atoms with E-state index in [-0.39, 0.29) is 0 Å². The second kappa shape index (κ2) is 2.85. The third kappa shape index (κ3) is 1.20. The van der Waals surface area contributed by atoms with Gasteiger partial charge >= 0.3 is 0 Å². The predicted octanol–water partition coefficient (Wildman–Crippen LogP) is 4.26. The highest BCUT2D eigenvalue weighted by atomic mass is 14.4. The molecule has 0 nitrogen and oxygen atoms in total. The highest BCUT2D eigenvalue weighted by molar-refractivity contribution is 5.37. The fourth-order valence-corrected chi connectivity index (χ4v) is 2.70. The zero-order valence-corrected chi connectivity index (χ0v) is 9.72. The van der Waals surface area contributed by atoms with Crippen molar-refractivity contribution < 1.29 is 0 Å². The Morgan fingerprint density at radius 2 is 1.21 bits per heavy atom. The Kier molecular flexibility index (Phi) is 1.99. The smallest absolute Gasteiger partial charge is 0.00661 e. The average molecular weight is 188 g/mol. The molecule has 2 unspecified atom stereocenters. The maximum Gasteiger partial charge on any atom is 0.00661 e. The predicted molar refractivity (Wildman–Crippen MR) is 62.1 cm³/mol. The second-order valence-corrected chi connectivity index (χ2v) is 5.30. The number of rotatable bonds is 0. The van der Waals surface area contributed by atoms with Crippen molar-refractivity contribution in [3.8, 4) is 0 Å². The quantitative estimate of drug-likeness (QED) is 0.498. The summed E-state index contributed by atoms with van der Waals surface area (Å²) < 4.78 is 0. The molecule has 3 aliphatic rings. The van der Waals surface area contributed by atoms with E-state index in [1.165, 1.54) is 12.8 Å². The molecule has 0 fully saturated rings. The summed E-state index contributed by atoms with van der Waals surface area (Å²) in [4.78, 5) is 0. The van der Waals surface area contributed by atoms with Gasteiger partial charge in [0, 0.05) is 10.8 Å². The first kappa shape index (κ1) is 9.76. The van der Waals surface area contributed by atoms with Gasteiger partial charge in [0.05, 0.1) is 0 Å². The average Bonchev–Trinajstić information content (AvgIpc) is 2.15. The molecule has 2 bridgehead atoms. The Morgan fingerprint density at radius 1 is 0.857 bits per heavy atom. The summed E-state index contributed by atoms with van der Waals surface area (Å²) in [6.07, 6.45) is 11.7. The Morgan fingerprint density at radius 3 is 1.57 bits per heavy atom. The third-order valence-electron chi connectivity index (χ3n) is 4.48. The molecule has 76 valence electrons. The molecule has 2 atom stereocenters. The van der Waals surface area contributed by atoms with Crippen LogP contribution in [0, 0.1) is 10.8 Å². The van der Waals surface area contributed by atoms with E-state index in [1.807, 2.05) is 0 Å². The van der Waals surface area contributed by atoms with Crippen molar-refractivity contribution in [2.75, 3.05) is 0 Å². The highest BCUT2D eigenvalue weighted by Crippen LogP contribution is 2.51. The van der Waals surface area contributed by atoms with Crippen molar-refractivity contribution in [2.45, 2.75) is 40.5 Å². The van der Waals surface area contributed by atoms with Gasteiger partial charge < -0.3 is 0 Å². The summed E-state index contributed by atoms with van der Waals surface area (Å²) in [7, 11) is 0. The van der Waals surface area contributed by atoms with Crippen molar-refractivity contribution in [2.24, 2.45) is 10.8 Å². The van der Waals surface area contributed by atoms with Crippen LogP contribution in [0.2, 0.25) is 0 Å². The lowest BCUT2D eigenvalue weighted by Crippen LogP contribution is -2.31. The van der Waals surface area contributed by atoms with Crippen molar-refractivity contribution >= 4 is 0 Å². The standard InChI is InChI=1S/C14H20/c1-11-12(2)14(4)8-6-5-7-13(11,3)9-10-14/h5-8H,9-10H2,1-4H3. The molecule has 0 saturated heterocycles. The fraction of sp³-hybridized carbons (Fsp3) is 0.571. The number of allylic oxidation sites excluding steroid dienone is 6. The van der Waals surface area contributed by atoms with Crippen LogP contribution in [0.5, 0.6) is 0 Å². The van der Waals surface area contributed by atoms with Gasteiger partial charge in [-0.05, 0) is 26.7 Å². The summed E-state index contributed by atoms with van der Waals surface area (Å²) in [5.41, 5.74) is 3.78. The Balaban J connectivity index is 2.64. The SMILES string of the molecule is CC1=C(C)C2(C)C=CC=CC1(C)CC2. The van der Waals surface area contributed by atoms with Crippen LogP contribution in [-0.4, -0.2) is 0 Å². The minimum atomic E-state index is 0.314. The van der Waals surface area contributed by atoms with Gasteiger partial charge in [-0.3, -0.25) is 0 Å². The third-order valence-corrected chi connectivity index (χ3v) is 4.48. The molecule has 0 amide bonds. The molecule has 0 aromatic carbocycles. The lowest BCUT2D eigenvalue weighted by Gasteiger charge is -2.43. The largest absolute Gasteiger partial charge is 0.0746 e. The van der Waals surface area contributed by atoms with E-state index >= 15 is 0 Å². The molecule has 0 saturated carbocycles. The van der Waals surface area contributed by atoms with Crippen LogP contribution in [-0.2, 0) is 0 Å². The molecular formula is C14H20. The summed E-state index contributed by atoms with van der Waals surface area (Å²) >= 11 is 0. The van der Waals surface area contributed by atoms with Crippen LogP contribution >= 0.6 is 0 Å². The van der Waals surface area contributed by atoms with Crippen LogP contribution in [0.25, 0.3) is 0 Å². The van der Waals surface area contributed by atoms with E-state index in [2.05, 4.69) is 52.0 Å². The zero-order valence-electron chi connectivity index (χ0n) is 9.72. The van der Waals surface area contributed by atoms with Crippen LogP contribution in [0.3, 0.4) is 0 Å². The van der Waals surface area contributed by atoms with Crippen molar-refractivity contribution in [3.63, 3.8) is 0 Å². The summed E-state index contributed by atoms with van der Waals surface area (Å²) in [5, 5.41) is 0. The van der Waals surface area contributed by atoms with E-state index in [0.29, 0.717) is 10.8 Å². The summed E-state index contributed by atoms with van der Waals surface area (Å²) in [6, 6.07) is 0. The zero-order chi connectivity index (χ0) is 10.4. The minimum absolute atomic E-state index is 0.314. The molecule has 0 heteroatoms. The molecule has 0 N–H and O–H groups in total.